The molecule has 0 aromatic rings. The zero-order valence-electron chi connectivity index (χ0n) is 9.70. The van der Waals surface area contributed by atoms with E-state index in [2.05, 4.69) is 18.7 Å². The van der Waals surface area contributed by atoms with Gasteiger partial charge in [0.15, 0.2) is 0 Å². The Hall–Kier alpha value is -0.570. The van der Waals surface area contributed by atoms with E-state index in [0.29, 0.717) is 23.8 Å². The van der Waals surface area contributed by atoms with Crippen LogP contribution in [0.2, 0.25) is 0 Å². The number of hydrogen-bond donors (Lipinski definition) is 1. The van der Waals surface area contributed by atoms with Gasteiger partial charge >= 0.3 is 5.97 Å². The number of aliphatic carboxylic acids is 1. The van der Waals surface area contributed by atoms with Gasteiger partial charge in [-0.15, -0.1) is 0 Å². The summed E-state index contributed by atoms with van der Waals surface area (Å²) in [7, 11) is 0. The van der Waals surface area contributed by atoms with Crippen LogP contribution < -0.4 is 0 Å². The van der Waals surface area contributed by atoms with E-state index in [1.54, 1.807) is 0 Å². The highest BCUT2D eigenvalue weighted by molar-refractivity contribution is 5.67. The molecule has 2 rings (SSSR count). The molecule has 1 N–H and O–H groups in total. The summed E-state index contributed by atoms with van der Waals surface area (Å²) >= 11 is 0. The van der Waals surface area contributed by atoms with Crippen LogP contribution in [0, 0.1) is 11.3 Å². The Bertz CT molecular complexity index is 256. The normalized spacial score (nSPS) is 31.5. The molecule has 2 aliphatic rings. The number of nitrogens with zero attached hydrogens (tertiary/aromatic N) is 1. The second kappa shape index (κ2) is 3.78. The Morgan fingerprint density at radius 1 is 1.47 bits per heavy atom. The molecule has 0 aromatic carbocycles. The molecule has 3 heteroatoms. The standard InChI is InChI=1S/C12H21NO2/c1-12(2)5-3-4-10(12)13-7-9(8-13)6-11(14)15/h9-10H,3-8H2,1-2H3,(H,14,15). The summed E-state index contributed by atoms with van der Waals surface area (Å²) in [4.78, 5) is 13.0. The fourth-order valence-electron chi connectivity index (χ4n) is 3.23. The molecule has 1 aliphatic carbocycles. The Morgan fingerprint density at radius 3 is 2.60 bits per heavy atom. The minimum Gasteiger partial charge on any atom is -0.481 e. The van der Waals surface area contributed by atoms with Gasteiger partial charge in [0, 0.05) is 19.1 Å². The van der Waals surface area contributed by atoms with Crippen molar-refractivity contribution in [3.8, 4) is 0 Å². The van der Waals surface area contributed by atoms with Crippen molar-refractivity contribution in [3.63, 3.8) is 0 Å². The largest absolute Gasteiger partial charge is 0.481 e. The van der Waals surface area contributed by atoms with Gasteiger partial charge in [-0.05, 0) is 24.2 Å². The summed E-state index contributed by atoms with van der Waals surface area (Å²) in [6, 6.07) is 0.697. The minimum absolute atomic E-state index is 0.351. The third kappa shape index (κ3) is 2.17. The van der Waals surface area contributed by atoms with Crippen LogP contribution >= 0.6 is 0 Å². The maximum Gasteiger partial charge on any atom is 0.303 e. The van der Waals surface area contributed by atoms with Crippen LogP contribution in [-0.4, -0.2) is 35.1 Å². The molecule has 0 amide bonds. The van der Waals surface area contributed by atoms with Crippen molar-refractivity contribution in [3.05, 3.63) is 0 Å². The summed E-state index contributed by atoms with van der Waals surface area (Å²) in [5.74, 6) is -0.246. The third-order valence-electron chi connectivity index (χ3n) is 4.09. The number of hydrogen-bond acceptors (Lipinski definition) is 2. The van der Waals surface area contributed by atoms with E-state index in [1.165, 1.54) is 19.3 Å². The van der Waals surface area contributed by atoms with Crippen LogP contribution in [0.4, 0.5) is 0 Å². The zero-order chi connectivity index (χ0) is 11.1. The van der Waals surface area contributed by atoms with Gasteiger partial charge in [0.05, 0.1) is 6.42 Å². The molecule has 1 aliphatic heterocycles. The predicted octanol–water partition coefficient (Wildman–Crippen LogP) is 1.97. The van der Waals surface area contributed by atoms with Crippen molar-refractivity contribution < 1.29 is 9.90 Å². The highest BCUT2D eigenvalue weighted by atomic mass is 16.4. The molecule has 0 radical (unpaired) electrons. The highest BCUT2D eigenvalue weighted by Crippen LogP contribution is 2.43. The van der Waals surface area contributed by atoms with E-state index in [0.717, 1.165) is 13.1 Å². The molecule has 1 heterocycles. The van der Waals surface area contributed by atoms with Gasteiger partial charge in [0.1, 0.15) is 0 Å². The first kappa shape index (κ1) is 10.9. The van der Waals surface area contributed by atoms with E-state index in [1.807, 2.05) is 0 Å². The van der Waals surface area contributed by atoms with Gasteiger partial charge < -0.3 is 5.11 Å². The lowest BCUT2D eigenvalue weighted by molar-refractivity contribution is -0.140. The molecule has 1 unspecified atom stereocenters. The van der Waals surface area contributed by atoms with Gasteiger partial charge in [0.2, 0.25) is 0 Å². The van der Waals surface area contributed by atoms with Gasteiger partial charge in [0.25, 0.3) is 0 Å². The van der Waals surface area contributed by atoms with E-state index in [4.69, 9.17) is 5.11 Å². The fourth-order valence-corrected chi connectivity index (χ4v) is 3.23. The molecule has 0 aromatic heterocycles. The van der Waals surface area contributed by atoms with E-state index in [9.17, 15) is 4.79 Å². The molecule has 1 saturated carbocycles. The Morgan fingerprint density at radius 2 is 2.13 bits per heavy atom. The molecule has 3 nitrogen and oxygen atoms in total. The molecular weight excluding hydrogens is 190 g/mol. The second-order valence-corrected chi connectivity index (χ2v) is 5.81. The van der Waals surface area contributed by atoms with E-state index in [-0.39, 0.29) is 0 Å². The average molecular weight is 211 g/mol. The lowest BCUT2D eigenvalue weighted by atomic mass is 9.83. The topological polar surface area (TPSA) is 40.5 Å². The summed E-state index contributed by atoms with van der Waals surface area (Å²) in [6.45, 7) is 6.69. The number of carboxylic acids is 1. The molecule has 1 saturated heterocycles. The Labute approximate surface area is 91.5 Å². The van der Waals surface area contributed by atoms with Crippen LogP contribution in [-0.2, 0) is 4.79 Å². The summed E-state index contributed by atoms with van der Waals surface area (Å²) in [6.07, 6.45) is 4.30. The van der Waals surface area contributed by atoms with Crippen LogP contribution in [0.25, 0.3) is 0 Å². The molecule has 0 bridgehead atoms. The number of likely N-dealkylation sites (tertiary alicyclic amines) is 1. The maximum atomic E-state index is 10.5. The first-order chi connectivity index (χ1) is 6.99. The predicted molar refractivity (Wildman–Crippen MR) is 58.7 cm³/mol. The van der Waals surface area contributed by atoms with Crippen LogP contribution in [0.3, 0.4) is 0 Å². The van der Waals surface area contributed by atoms with Crippen molar-refractivity contribution >= 4 is 5.97 Å². The summed E-state index contributed by atoms with van der Waals surface area (Å²) < 4.78 is 0. The molecule has 1 atom stereocenters. The van der Waals surface area contributed by atoms with Crippen LogP contribution in [0.5, 0.6) is 0 Å². The molecule has 86 valence electrons. The number of rotatable bonds is 3. The maximum absolute atomic E-state index is 10.5. The first-order valence-corrected chi connectivity index (χ1v) is 5.95. The lowest BCUT2D eigenvalue weighted by Crippen LogP contribution is -2.55. The van der Waals surface area contributed by atoms with Gasteiger partial charge in [-0.3, -0.25) is 9.69 Å². The van der Waals surface area contributed by atoms with Crippen molar-refractivity contribution in [1.82, 2.24) is 4.90 Å². The van der Waals surface area contributed by atoms with Crippen molar-refractivity contribution in [2.75, 3.05) is 13.1 Å². The summed E-state index contributed by atoms with van der Waals surface area (Å²) in [5, 5.41) is 8.68. The van der Waals surface area contributed by atoms with Crippen molar-refractivity contribution in [1.29, 1.82) is 0 Å². The molecule has 0 spiro atoms. The zero-order valence-corrected chi connectivity index (χ0v) is 9.70. The average Bonchev–Trinajstić information content (AvgIpc) is 2.36. The van der Waals surface area contributed by atoms with Crippen LogP contribution in [0.15, 0.2) is 0 Å². The molecular formula is C12H21NO2. The highest BCUT2D eigenvalue weighted by Gasteiger charge is 2.43. The smallest absolute Gasteiger partial charge is 0.303 e. The number of carboxylic acid groups (broad SMARTS) is 1. The SMILES string of the molecule is CC1(C)CCCC1N1CC(CC(=O)O)C1. The first-order valence-electron chi connectivity index (χ1n) is 5.95. The van der Waals surface area contributed by atoms with E-state index >= 15 is 0 Å². The Kier molecular flexibility index (Phi) is 2.75. The monoisotopic (exact) mass is 211 g/mol. The quantitative estimate of drug-likeness (QED) is 0.776. The van der Waals surface area contributed by atoms with Gasteiger partial charge in [-0.1, -0.05) is 20.3 Å². The Balaban J connectivity index is 1.82. The molecule has 2 fully saturated rings. The fraction of sp³-hybridized carbons (Fsp3) is 0.917. The second-order valence-electron chi connectivity index (χ2n) is 5.81. The van der Waals surface area contributed by atoms with Crippen molar-refractivity contribution in [2.24, 2.45) is 11.3 Å². The minimum atomic E-state index is -0.648. The number of carbonyl (C=O) groups is 1. The lowest BCUT2D eigenvalue weighted by Gasteiger charge is -2.47. The molecule has 15 heavy (non-hydrogen) atoms. The van der Waals surface area contributed by atoms with Crippen LogP contribution in [0.1, 0.15) is 39.5 Å². The third-order valence-corrected chi connectivity index (χ3v) is 4.09. The van der Waals surface area contributed by atoms with Crippen molar-refractivity contribution in [2.45, 2.75) is 45.6 Å². The van der Waals surface area contributed by atoms with Gasteiger partial charge in [-0.25, -0.2) is 0 Å². The summed E-state index contributed by atoms with van der Waals surface area (Å²) in [5.41, 5.74) is 0.439. The van der Waals surface area contributed by atoms with Gasteiger partial charge in [-0.2, -0.15) is 0 Å². The van der Waals surface area contributed by atoms with E-state index < -0.39 is 5.97 Å².